The molecule has 0 atom stereocenters. The largest absolute Gasteiger partial charge is 0.494 e. The van der Waals surface area contributed by atoms with Gasteiger partial charge in [-0.2, -0.15) is 5.26 Å². The average Bonchev–Trinajstić information content (AvgIpc) is 2.99. The van der Waals surface area contributed by atoms with Gasteiger partial charge in [0.25, 0.3) is 0 Å². The van der Waals surface area contributed by atoms with Crippen molar-refractivity contribution in [1.82, 2.24) is 15.0 Å². The highest BCUT2D eigenvalue weighted by Crippen LogP contribution is 2.36. The van der Waals surface area contributed by atoms with E-state index in [1.54, 1.807) is 11.8 Å². The number of nitrogens with zero attached hydrogens (tertiary/aromatic N) is 4. The van der Waals surface area contributed by atoms with Crippen molar-refractivity contribution in [3.05, 3.63) is 35.2 Å². The van der Waals surface area contributed by atoms with Gasteiger partial charge in [-0.15, -0.1) is 5.10 Å². The quantitative estimate of drug-likeness (QED) is 0.869. The highest BCUT2D eigenvalue weighted by Gasteiger charge is 2.26. The van der Waals surface area contributed by atoms with E-state index in [4.69, 9.17) is 4.74 Å². The number of hydrogen-bond acceptors (Lipinski definition) is 4. The van der Waals surface area contributed by atoms with Crippen LogP contribution in [-0.2, 0) is 0 Å². The molecule has 0 bridgehead atoms. The normalized spacial score (nSPS) is 15.5. The topological polar surface area (TPSA) is 63.7 Å². The first-order valence-corrected chi connectivity index (χ1v) is 7.75. The van der Waals surface area contributed by atoms with Gasteiger partial charge >= 0.3 is 0 Å². The maximum atomic E-state index is 9.39. The first kappa shape index (κ1) is 14.6. The van der Waals surface area contributed by atoms with Crippen LogP contribution in [0.25, 0.3) is 5.69 Å². The van der Waals surface area contributed by atoms with Crippen LogP contribution in [0, 0.1) is 18.3 Å². The number of methoxy groups -OCH3 is 1. The van der Waals surface area contributed by atoms with Crippen molar-refractivity contribution in [3.63, 3.8) is 0 Å². The number of aromatic nitrogens is 3. The van der Waals surface area contributed by atoms with Gasteiger partial charge in [-0.1, -0.05) is 30.5 Å². The van der Waals surface area contributed by atoms with E-state index in [1.807, 2.05) is 25.1 Å². The third-order valence-electron chi connectivity index (χ3n) is 4.37. The van der Waals surface area contributed by atoms with E-state index < -0.39 is 0 Å². The van der Waals surface area contributed by atoms with Crippen molar-refractivity contribution in [2.45, 2.75) is 44.9 Å². The van der Waals surface area contributed by atoms with Crippen LogP contribution in [-0.4, -0.2) is 22.1 Å². The molecule has 1 heterocycles. The summed E-state index contributed by atoms with van der Waals surface area (Å²) >= 11 is 0. The second-order valence-electron chi connectivity index (χ2n) is 5.86. The smallest absolute Gasteiger partial charge is 0.186 e. The average molecular weight is 296 g/mol. The van der Waals surface area contributed by atoms with Crippen LogP contribution in [0.2, 0.25) is 0 Å². The van der Waals surface area contributed by atoms with Crippen molar-refractivity contribution >= 4 is 0 Å². The molecule has 0 amide bonds. The monoisotopic (exact) mass is 296 g/mol. The molecule has 2 aromatic rings. The molecule has 0 aliphatic heterocycles. The summed E-state index contributed by atoms with van der Waals surface area (Å²) in [7, 11) is 1.65. The molecule has 3 rings (SSSR count). The highest BCUT2D eigenvalue weighted by atomic mass is 16.5. The molecule has 0 unspecified atom stereocenters. The van der Waals surface area contributed by atoms with E-state index in [9.17, 15) is 5.26 Å². The predicted octanol–water partition coefficient (Wildman–Crippen LogP) is 3.50. The second-order valence-corrected chi connectivity index (χ2v) is 5.86. The Balaban J connectivity index is 2.13. The molecule has 0 spiro atoms. The van der Waals surface area contributed by atoms with Gasteiger partial charge in [0.15, 0.2) is 5.69 Å². The molecule has 0 saturated heterocycles. The van der Waals surface area contributed by atoms with Crippen LogP contribution >= 0.6 is 0 Å². The molecule has 0 radical (unpaired) electrons. The fraction of sp³-hybridized carbons (Fsp3) is 0.471. The summed E-state index contributed by atoms with van der Waals surface area (Å²) in [6, 6.07) is 8.17. The van der Waals surface area contributed by atoms with Crippen LogP contribution in [0.3, 0.4) is 0 Å². The Bertz CT molecular complexity index is 708. The predicted molar refractivity (Wildman–Crippen MR) is 83.2 cm³/mol. The lowest BCUT2D eigenvalue weighted by Crippen LogP contribution is -2.13. The summed E-state index contributed by atoms with van der Waals surface area (Å²) < 4.78 is 7.27. The molecular weight excluding hydrogens is 276 g/mol. The zero-order valence-electron chi connectivity index (χ0n) is 13.0. The van der Waals surface area contributed by atoms with Gasteiger partial charge in [0.2, 0.25) is 0 Å². The zero-order chi connectivity index (χ0) is 15.5. The maximum absolute atomic E-state index is 9.39. The standard InChI is InChI=1S/C17H20N4O/c1-12-8-9-16(22-2)15(10-12)21-17(14(11-18)19-20-21)13-6-4-3-5-7-13/h8-10,13H,3-7H2,1-2H3. The first-order chi connectivity index (χ1) is 10.7. The van der Waals surface area contributed by atoms with Crippen LogP contribution in [0.15, 0.2) is 18.2 Å². The number of nitriles is 1. The number of ether oxygens (including phenoxy) is 1. The number of rotatable bonds is 3. The number of hydrogen-bond donors (Lipinski definition) is 0. The number of benzene rings is 1. The summed E-state index contributed by atoms with van der Waals surface area (Å²) in [6.45, 7) is 2.03. The van der Waals surface area contributed by atoms with Crippen molar-refractivity contribution in [3.8, 4) is 17.5 Å². The molecule has 5 heteroatoms. The first-order valence-electron chi connectivity index (χ1n) is 7.75. The summed E-state index contributed by atoms with van der Waals surface area (Å²) in [5.74, 6) is 1.10. The maximum Gasteiger partial charge on any atom is 0.186 e. The van der Waals surface area contributed by atoms with E-state index in [1.165, 1.54) is 19.3 Å². The van der Waals surface area contributed by atoms with Crippen molar-refractivity contribution in [2.24, 2.45) is 0 Å². The van der Waals surface area contributed by atoms with E-state index in [-0.39, 0.29) is 0 Å². The van der Waals surface area contributed by atoms with Crippen LogP contribution in [0.5, 0.6) is 5.75 Å². The Morgan fingerprint density at radius 3 is 2.73 bits per heavy atom. The van der Waals surface area contributed by atoms with Crippen molar-refractivity contribution < 1.29 is 4.74 Å². The lowest BCUT2D eigenvalue weighted by molar-refractivity contribution is 0.405. The van der Waals surface area contributed by atoms with Gasteiger partial charge < -0.3 is 4.74 Å². The molecule has 1 aliphatic rings. The minimum absolute atomic E-state index is 0.351. The minimum atomic E-state index is 0.351. The highest BCUT2D eigenvalue weighted by molar-refractivity contribution is 5.50. The minimum Gasteiger partial charge on any atom is -0.494 e. The van der Waals surface area contributed by atoms with E-state index in [0.29, 0.717) is 11.6 Å². The lowest BCUT2D eigenvalue weighted by Gasteiger charge is -2.22. The molecule has 0 N–H and O–H groups in total. The molecule has 1 aromatic carbocycles. The molecule has 1 aromatic heterocycles. The Kier molecular flexibility index (Phi) is 4.10. The molecular formula is C17H20N4O. The third kappa shape index (κ3) is 2.57. The summed E-state index contributed by atoms with van der Waals surface area (Å²) in [5, 5.41) is 17.7. The van der Waals surface area contributed by atoms with Gasteiger partial charge in [-0.25, -0.2) is 4.68 Å². The Morgan fingerprint density at radius 2 is 2.05 bits per heavy atom. The number of aryl methyl sites for hydroxylation is 1. The Labute approximate surface area is 130 Å². The van der Waals surface area contributed by atoms with Crippen molar-refractivity contribution in [1.29, 1.82) is 5.26 Å². The van der Waals surface area contributed by atoms with Crippen LogP contribution in [0.1, 0.15) is 55.0 Å². The molecule has 22 heavy (non-hydrogen) atoms. The third-order valence-corrected chi connectivity index (χ3v) is 4.37. The summed E-state index contributed by atoms with van der Waals surface area (Å²) in [5.41, 5.74) is 3.36. The van der Waals surface area contributed by atoms with Crippen LogP contribution in [0.4, 0.5) is 0 Å². The molecule has 1 fully saturated rings. The fourth-order valence-corrected chi connectivity index (χ4v) is 3.25. The summed E-state index contributed by atoms with van der Waals surface area (Å²) in [4.78, 5) is 0. The zero-order valence-corrected chi connectivity index (χ0v) is 13.0. The Hall–Kier alpha value is -2.35. The van der Waals surface area contributed by atoms with Crippen molar-refractivity contribution in [2.75, 3.05) is 7.11 Å². The van der Waals surface area contributed by atoms with Gasteiger partial charge in [-0.05, 0) is 37.5 Å². The second kappa shape index (κ2) is 6.18. The van der Waals surface area contributed by atoms with Gasteiger partial charge in [0.1, 0.15) is 17.5 Å². The van der Waals surface area contributed by atoms with Crippen LogP contribution < -0.4 is 4.74 Å². The molecule has 1 saturated carbocycles. The van der Waals surface area contributed by atoms with Gasteiger partial charge in [-0.3, -0.25) is 0 Å². The Morgan fingerprint density at radius 1 is 1.27 bits per heavy atom. The molecule has 114 valence electrons. The summed E-state index contributed by atoms with van der Waals surface area (Å²) in [6.07, 6.45) is 5.86. The fourth-order valence-electron chi connectivity index (χ4n) is 3.25. The van der Waals surface area contributed by atoms with E-state index in [0.717, 1.165) is 35.5 Å². The lowest BCUT2D eigenvalue weighted by atomic mass is 9.86. The SMILES string of the molecule is COc1ccc(C)cc1-n1nnc(C#N)c1C1CCCCC1. The van der Waals surface area contributed by atoms with E-state index >= 15 is 0 Å². The molecule has 1 aliphatic carbocycles. The van der Waals surface area contributed by atoms with E-state index in [2.05, 4.69) is 16.4 Å². The molecule has 5 nitrogen and oxygen atoms in total. The van der Waals surface area contributed by atoms with Gasteiger partial charge in [0, 0.05) is 5.92 Å². The van der Waals surface area contributed by atoms with Gasteiger partial charge in [0.05, 0.1) is 12.8 Å².